The molecule has 0 bridgehead atoms. The highest BCUT2D eigenvalue weighted by atomic mass is 16.5. The molecule has 0 amide bonds. The van der Waals surface area contributed by atoms with Crippen LogP contribution in [0.3, 0.4) is 0 Å². The van der Waals surface area contributed by atoms with Crippen LogP contribution in [0.15, 0.2) is 35.6 Å². The van der Waals surface area contributed by atoms with Gasteiger partial charge in [0.2, 0.25) is 0 Å². The first-order chi connectivity index (χ1) is 12.0. The van der Waals surface area contributed by atoms with E-state index in [1.165, 1.54) is 11.1 Å². The minimum absolute atomic E-state index is 0.728. The molecule has 2 aromatic rings. The van der Waals surface area contributed by atoms with Gasteiger partial charge in [0.15, 0.2) is 5.96 Å². The molecule has 25 heavy (non-hydrogen) atoms. The molecule has 0 saturated heterocycles. The SMILES string of the molecule is CCNC(=NCCc1ccc(C)c(OC)c1)N(C)Cc1cnn(C)c1. The molecule has 0 aliphatic heterocycles. The van der Waals surface area contributed by atoms with Gasteiger partial charge in [-0.05, 0) is 37.5 Å². The van der Waals surface area contributed by atoms with Crippen molar-refractivity contribution in [3.8, 4) is 5.75 Å². The Balaban J connectivity index is 1.98. The second kappa shape index (κ2) is 9.11. The van der Waals surface area contributed by atoms with Crippen LogP contribution in [0.1, 0.15) is 23.6 Å². The second-order valence-corrected chi connectivity index (χ2v) is 6.17. The van der Waals surface area contributed by atoms with E-state index in [4.69, 9.17) is 9.73 Å². The number of nitrogens with one attached hydrogen (secondary N) is 1. The van der Waals surface area contributed by atoms with Crippen molar-refractivity contribution in [2.24, 2.45) is 12.0 Å². The zero-order valence-corrected chi connectivity index (χ0v) is 15.9. The molecule has 0 atom stereocenters. The Morgan fingerprint density at radius 1 is 1.36 bits per heavy atom. The van der Waals surface area contributed by atoms with Crippen LogP contribution in [0.2, 0.25) is 0 Å². The molecule has 136 valence electrons. The molecule has 0 aliphatic rings. The Kier molecular flexibility index (Phi) is 6.86. The van der Waals surface area contributed by atoms with Gasteiger partial charge in [-0.1, -0.05) is 12.1 Å². The van der Waals surface area contributed by atoms with Crippen molar-refractivity contribution >= 4 is 5.96 Å². The van der Waals surface area contributed by atoms with Crippen LogP contribution >= 0.6 is 0 Å². The molecule has 1 N–H and O–H groups in total. The molecular weight excluding hydrogens is 314 g/mol. The lowest BCUT2D eigenvalue weighted by Crippen LogP contribution is -2.38. The number of ether oxygens (including phenoxy) is 1. The van der Waals surface area contributed by atoms with Crippen molar-refractivity contribution in [2.45, 2.75) is 26.8 Å². The number of benzene rings is 1. The molecule has 1 heterocycles. The maximum absolute atomic E-state index is 5.39. The van der Waals surface area contributed by atoms with Crippen LogP contribution < -0.4 is 10.1 Å². The number of guanidine groups is 1. The number of aliphatic imine (C=N–C) groups is 1. The Hall–Kier alpha value is -2.50. The molecule has 0 unspecified atom stereocenters. The maximum atomic E-state index is 5.39. The van der Waals surface area contributed by atoms with Gasteiger partial charge in [0.1, 0.15) is 5.75 Å². The topological polar surface area (TPSA) is 54.7 Å². The van der Waals surface area contributed by atoms with Crippen LogP contribution in [0.4, 0.5) is 0 Å². The van der Waals surface area contributed by atoms with Crippen molar-refractivity contribution in [3.63, 3.8) is 0 Å². The quantitative estimate of drug-likeness (QED) is 0.619. The fourth-order valence-corrected chi connectivity index (χ4v) is 2.68. The van der Waals surface area contributed by atoms with Gasteiger partial charge in [-0.25, -0.2) is 0 Å². The van der Waals surface area contributed by atoms with Crippen molar-refractivity contribution < 1.29 is 4.74 Å². The van der Waals surface area contributed by atoms with Gasteiger partial charge in [0, 0.05) is 45.5 Å². The molecule has 0 aliphatic carbocycles. The summed E-state index contributed by atoms with van der Waals surface area (Å²) in [6.07, 6.45) is 4.80. The molecule has 6 nitrogen and oxygen atoms in total. The Labute approximate surface area is 150 Å². The lowest BCUT2D eigenvalue weighted by atomic mass is 10.1. The molecule has 1 aromatic heterocycles. The van der Waals surface area contributed by atoms with E-state index in [0.29, 0.717) is 0 Å². The van der Waals surface area contributed by atoms with Crippen LogP contribution in [0, 0.1) is 6.92 Å². The number of hydrogen-bond donors (Lipinski definition) is 1. The number of hydrogen-bond acceptors (Lipinski definition) is 3. The average molecular weight is 343 g/mol. The summed E-state index contributed by atoms with van der Waals surface area (Å²) in [4.78, 5) is 6.87. The third-order valence-corrected chi connectivity index (χ3v) is 4.01. The molecule has 2 rings (SSSR count). The summed E-state index contributed by atoms with van der Waals surface area (Å²) in [6.45, 7) is 6.48. The third-order valence-electron chi connectivity index (χ3n) is 4.01. The van der Waals surface area contributed by atoms with Gasteiger partial charge in [-0.3, -0.25) is 9.67 Å². The smallest absolute Gasteiger partial charge is 0.193 e. The normalized spacial score (nSPS) is 11.5. The van der Waals surface area contributed by atoms with Gasteiger partial charge in [0.25, 0.3) is 0 Å². The van der Waals surface area contributed by atoms with E-state index in [0.717, 1.165) is 43.3 Å². The van der Waals surface area contributed by atoms with Crippen molar-refractivity contribution in [1.82, 2.24) is 20.0 Å². The van der Waals surface area contributed by atoms with Crippen LogP contribution in [0.25, 0.3) is 0 Å². The average Bonchev–Trinajstić information content (AvgIpc) is 3.00. The molecule has 0 fully saturated rings. The summed E-state index contributed by atoms with van der Waals surface area (Å²) >= 11 is 0. The first-order valence-corrected chi connectivity index (χ1v) is 8.64. The van der Waals surface area contributed by atoms with Crippen LogP contribution in [0.5, 0.6) is 5.75 Å². The summed E-state index contributed by atoms with van der Waals surface area (Å²) in [5.74, 6) is 1.84. The molecule has 0 radical (unpaired) electrons. The monoisotopic (exact) mass is 343 g/mol. The molecule has 6 heteroatoms. The lowest BCUT2D eigenvalue weighted by molar-refractivity contribution is 0.411. The number of rotatable bonds is 7. The summed E-state index contributed by atoms with van der Waals surface area (Å²) in [5.41, 5.74) is 3.55. The predicted octanol–water partition coefficient (Wildman–Crippen LogP) is 2.38. The van der Waals surface area contributed by atoms with Crippen LogP contribution in [-0.4, -0.2) is 47.9 Å². The van der Waals surface area contributed by atoms with E-state index >= 15 is 0 Å². The van der Waals surface area contributed by atoms with E-state index in [1.807, 2.05) is 31.2 Å². The fourth-order valence-electron chi connectivity index (χ4n) is 2.68. The summed E-state index contributed by atoms with van der Waals surface area (Å²) in [7, 11) is 5.68. The van der Waals surface area contributed by atoms with Gasteiger partial charge in [0.05, 0.1) is 13.3 Å². The van der Waals surface area contributed by atoms with Gasteiger partial charge >= 0.3 is 0 Å². The minimum Gasteiger partial charge on any atom is -0.496 e. The van der Waals surface area contributed by atoms with Gasteiger partial charge in [-0.2, -0.15) is 5.10 Å². The largest absolute Gasteiger partial charge is 0.496 e. The zero-order chi connectivity index (χ0) is 18.2. The van der Waals surface area contributed by atoms with Gasteiger partial charge in [-0.15, -0.1) is 0 Å². The maximum Gasteiger partial charge on any atom is 0.193 e. The van der Waals surface area contributed by atoms with Crippen molar-refractivity contribution in [2.75, 3.05) is 27.2 Å². The molecular formula is C19H29N5O. The van der Waals surface area contributed by atoms with Crippen molar-refractivity contribution in [3.05, 3.63) is 47.3 Å². The Morgan fingerprint density at radius 3 is 2.80 bits per heavy atom. The van der Waals surface area contributed by atoms with E-state index in [2.05, 4.69) is 47.4 Å². The summed E-state index contributed by atoms with van der Waals surface area (Å²) < 4.78 is 7.21. The standard InChI is InChI=1S/C19H29N5O/c1-6-20-19(23(3)13-17-12-22-24(4)14-17)21-10-9-16-8-7-15(2)18(11-16)25-5/h7-8,11-12,14H,6,9-10,13H2,1-5H3,(H,20,21). The molecule has 1 aromatic carbocycles. The predicted molar refractivity (Wildman–Crippen MR) is 102 cm³/mol. The van der Waals surface area contributed by atoms with E-state index in [-0.39, 0.29) is 0 Å². The second-order valence-electron chi connectivity index (χ2n) is 6.17. The lowest BCUT2D eigenvalue weighted by Gasteiger charge is -2.21. The first-order valence-electron chi connectivity index (χ1n) is 8.64. The minimum atomic E-state index is 0.728. The number of aromatic nitrogens is 2. The van der Waals surface area contributed by atoms with Crippen LogP contribution in [-0.2, 0) is 20.0 Å². The Morgan fingerprint density at radius 2 is 2.16 bits per heavy atom. The zero-order valence-electron chi connectivity index (χ0n) is 15.9. The third kappa shape index (κ3) is 5.52. The van der Waals surface area contributed by atoms with E-state index in [9.17, 15) is 0 Å². The molecule has 0 saturated carbocycles. The van der Waals surface area contributed by atoms with E-state index < -0.39 is 0 Å². The van der Waals surface area contributed by atoms with Crippen molar-refractivity contribution in [1.29, 1.82) is 0 Å². The first kappa shape index (κ1) is 18.8. The fraction of sp³-hybridized carbons (Fsp3) is 0.474. The highest BCUT2D eigenvalue weighted by Crippen LogP contribution is 2.19. The number of nitrogens with zero attached hydrogens (tertiary/aromatic N) is 4. The molecule has 0 spiro atoms. The summed E-state index contributed by atoms with van der Waals surface area (Å²) in [6, 6.07) is 6.33. The Bertz CT molecular complexity index is 708. The number of aryl methyl sites for hydroxylation is 2. The summed E-state index contributed by atoms with van der Waals surface area (Å²) in [5, 5.41) is 7.57. The highest BCUT2D eigenvalue weighted by molar-refractivity contribution is 5.79. The van der Waals surface area contributed by atoms with E-state index in [1.54, 1.807) is 7.11 Å². The van der Waals surface area contributed by atoms with Gasteiger partial charge < -0.3 is 15.0 Å². The number of methoxy groups -OCH3 is 1. The highest BCUT2D eigenvalue weighted by Gasteiger charge is 2.08.